The number of hydrogen-bond donors (Lipinski definition) is 1. The maximum Gasteiger partial charge on any atom is 0.253 e. The first-order valence-corrected chi connectivity index (χ1v) is 6.67. The Bertz CT molecular complexity index is 625. The summed E-state index contributed by atoms with van der Waals surface area (Å²) >= 11 is 5.87. The van der Waals surface area contributed by atoms with Gasteiger partial charge in [-0.25, -0.2) is 4.39 Å². The lowest BCUT2D eigenvalue weighted by atomic mass is 10.1. The van der Waals surface area contributed by atoms with Crippen LogP contribution in [0.2, 0.25) is 5.02 Å². The smallest absolute Gasteiger partial charge is 0.253 e. The van der Waals surface area contributed by atoms with Crippen molar-refractivity contribution >= 4 is 17.5 Å². The molecule has 0 radical (unpaired) electrons. The van der Waals surface area contributed by atoms with E-state index in [1.807, 2.05) is 38.1 Å². The van der Waals surface area contributed by atoms with E-state index < -0.39 is 5.82 Å². The maximum atomic E-state index is 13.0. The highest BCUT2D eigenvalue weighted by Gasteiger charge is 2.14. The highest BCUT2D eigenvalue weighted by molar-refractivity contribution is 6.33. The van der Waals surface area contributed by atoms with Crippen molar-refractivity contribution in [2.24, 2.45) is 0 Å². The molecule has 0 aliphatic rings. The van der Waals surface area contributed by atoms with Crippen LogP contribution in [0.25, 0.3) is 0 Å². The number of rotatable bonds is 3. The van der Waals surface area contributed by atoms with Gasteiger partial charge in [-0.1, -0.05) is 41.4 Å². The molecule has 104 valence electrons. The van der Waals surface area contributed by atoms with Crippen molar-refractivity contribution < 1.29 is 9.18 Å². The number of carbonyl (C=O) groups excluding carboxylic acids is 1. The lowest BCUT2D eigenvalue weighted by Crippen LogP contribution is -2.26. The Morgan fingerprint density at radius 1 is 1.20 bits per heavy atom. The van der Waals surface area contributed by atoms with Crippen molar-refractivity contribution in [1.29, 1.82) is 0 Å². The van der Waals surface area contributed by atoms with Crippen LogP contribution in [0.1, 0.15) is 34.5 Å². The standard InChI is InChI=1S/C16H15ClFNO/c1-10-3-5-12(6-4-10)11(2)19-16(20)14-8-7-13(18)9-15(14)17/h3-9,11H,1-2H3,(H,19,20). The predicted molar refractivity (Wildman–Crippen MR) is 78.5 cm³/mol. The molecule has 0 fully saturated rings. The van der Waals surface area contributed by atoms with Crippen LogP contribution in [0.4, 0.5) is 4.39 Å². The van der Waals surface area contributed by atoms with Crippen molar-refractivity contribution in [1.82, 2.24) is 5.32 Å². The molecule has 4 heteroatoms. The molecular formula is C16H15ClFNO. The van der Waals surface area contributed by atoms with Gasteiger partial charge in [0, 0.05) is 0 Å². The lowest BCUT2D eigenvalue weighted by Gasteiger charge is -2.15. The third kappa shape index (κ3) is 3.36. The molecule has 1 atom stereocenters. The van der Waals surface area contributed by atoms with E-state index in [1.165, 1.54) is 12.1 Å². The molecule has 0 heterocycles. The summed E-state index contributed by atoms with van der Waals surface area (Å²) in [5.41, 5.74) is 2.43. The van der Waals surface area contributed by atoms with Crippen molar-refractivity contribution in [3.8, 4) is 0 Å². The first-order valence-electron chi connectivity index (χ1n) is 6.30. The Morgan fingerprint density at radius 3 is 2.45 bits per heavy atom. The first kappa shape index (κ1) is 14.5. The average molecular weight is 292 g/mol. The Hall–Kier alpha value is -1.87. The van der Waals surface area contributed by atoms with Gasteiger partial charge in [-0.15, -0.1) is 0 Å². The molecule has 2 aromatic carbocycles. The molecule has 0 aromatic heterocycles. The number of hydrogen-bond acceptors (Lipinski definition) is 1. The van der Waals surface area contributed by atoms with Gasteiger partial charge in [0.25, 0.3) is 5.91 Å². The minimum absolute atomic E-state index is 0.110. The van der Waals surface area contributed by atoms with Gasteiger partial charge in [-0.05, 0) is 37.6 Å². The van der Waals surface area contributed by atoms with Crippen LogP contribution in [-0.4, -0.2) is 5.91 Å². The number of aryl methyl sites for hydroxylation is 1. The monoisotopic (exact) mass is 291 g/mol. The van der Waals surface area contributed by atoms with E-state index in [4.69, 9.17) is 11.6 Å². The molecule has 1 N–H and O–H groups in total. The van der Waals surface area contributed by atoms with Gasteiger partial charge in [0.2, 0.25) is 0 Å². The van der Waals surface area contributed by atoms with Crippen molar-refractivity contribution in [2.75, 3.05) is 0 Å². The molecule has 0 saturated carbocycles. The predicted octanol–water partition coefficient (Wildman–Crippen LogP) is 4.28. The van der Waals surface area contributed by atoms with Gasteiger partial charge >= 0.3 is 0 Å². The second kappa shape index (κ2) is 6.06. The van der Waals surface area contributed by atoms with Crippen LogP contribution in [-0.2, 0) is 0 Å². The summed E-state index contributed by atoms with van der Waals surface area (Å²) in [6.45, 7) is 3.89. The summed E-state index contributed by atoms with van der Waals surface area (Å²) < 4.78 is 13.0. The lowest BCUT2D eigenvalue weighted by molar-refractivity contribution is 0.0940. The molecule has 2 rings (SSSR count). The largest absolute Gasteiger partial charge is 0.345 e. The normalized spacial score (nSPS) is 12.0. The minimum Gasteiger partial charge on any atom is -0.345 e. The van der Waals surface area contributed by atoms with Crippen LogP contribution < -0.4 is 5.32 Å². The second-order valence-electron chi connectivity index (χ2n) is 4.73. The van der Waals surface area contributed by atoms with Crippen LogP contribution in [0, 0.1) is 12.7 Å². The SMILES string of the molecule is Cc1ccc(C(C)NC(=O)c2ccc(F)cc2Cl)cc1. The van der Waals surface area contributed by atoms with Gasteiger partial charge in [0.05, 0.1) is 16.6 Å². The van der Waals surface area contributed by atoms with Crippen molar-refractivity contribution in [2.45, 2.75) is 19.9 Å². The molecule has 0 saturated heterocycles. The van der Waals surface area contributed by atoms with Gasteiger partial charge in [0.15, 0.2) is 0 Å². The Morgan fingerprint density at radius 2 is 1.85 bits per heavy atom. The molecule has 1 amide bonds. The number of nitrogens with one attached hydrogen (secondary N) is 1. The minimum atomic E-state index is -0.460. The van der Waals surface area contributed by atoms with E-state index in [0.29, 0.717) is 0 Å². The van der Waals surface area contributed by atoms with Gasteiger partial charge < -0.3 is 5.32 Å². The van der Waals surface area contributed by atoms with Crippen LogP contribution in [0.15, 0.2) is 42.5 Å². The summed E-state index contributed by atoms with van der Waals surface area (Å²) in [7, 11) is 0. The van der Waals surface area contributed by atoms with E-state index in [-0.39, 0.29) is 22.5 Å². The van der Waals surface area contributed by atoms with Crippen molar-refractivity contribution in [3.05, 3.63) is 70.0 Å². The highest BCUT2D eigenvalue weighted by atomic mass is 35.5. The number of amides is 1. The van der Waals surface area contributed by atoms with E-state index in [9.17, 15) is 9.18 Å². The zero-order valence-electron chi connectivity index (χ0n) is 11.3. The summed E-state index contributed by atoms with van der Waals surface area (Å²) in [5, 5.41) is 2.96. The Kier molecular flexibility index (Phi) is 4.40. The fourth-order valence-electron chi connectivity index (χ4n) is 1.89. The third-order valence-electron chi connectivity index (χ3n) is 3.10. The number of carbonyl (C=O) groups is 1. The van der Waals surface area contributed by atoms with Gasteiger partial charge in [-0.2, -0.15) is 0 Å². The molecule has 0 aliphatic carbocycles. The van der Waals surface area contributed by atoms with E-state index >= 15 is 0 Å². The Balaban J connectivity index is 2.13. The number of halogens is 2. The Labute approximate surface area is 122 Å². The molecule has 2 nitrogen and oxygen atoms in total. The quantitative estimate of drug-likeness (QED) is 0.898. The zero-order valence-corrected chi connectivity index (χ0v) is 12.0. The molecule has 0 aliphatic heterocycles. The fourth-order valence-corrected chi connectivity index (χ4v) is 2.14. The zero-order chi connectivity index (χ0) is 14.7. The molecule has 2 aromatic rings. The molecular weight excluding hydrogens is 277 g/mol. The summed E-state index contributed by atoms with van der Waals surface area (Å²) in [5.74, 6) is -0.777. The summed E-state index contributed by atoms with van der Waals surface area (Å²) in [4.78, 5) is 12.1. The van der Waals surface area contributed by atoms with E-state index in [0.717, 1.165) is 17.2 Å². The topological polar surface area (TPSA) is 29.1 Å². The molecule has 1 unspecified atom stereocenters. The second-order valence-corrected chi connectivity index (χ2v) is 5.14. The average Bonchev–Trinajstić information content (AvgIpc) is 2.39. The van der Waals surface area contributed by atoms with Crippen LogP contribution >= 0.6 is 11.6 Å². The summed E-state index contributed by atoms with van der Waals surface area (Å²) in [6.07, 6.45) is 0. The third-order valence-corrected chi connectivity index (χ3v) is 3.41. The molecule has 0 spiro atoms. The first-order chi connectivity index (χ1) is 9.47. The molecule has 20 heavy (non-hydrogen) atoms. The molecule has 0 bridgehead atoms. The van der Waals surface area contributed by atoms with E-state index in [2.05, 4.69) is 5.32 Å². The maximum absolute atomic E-state index is 13.0. The number of benzene rings is 2. The van der Waals surface area contributed by atoms with Gasteiger partial charge in [-0.3, -0.25) is 4.79 Å². The summed E-state index contributed by atoms with van der Waals surface area (Å²) in [6, 6.07) is 11.5. The van der Waals surface area contributed by atoms with E-state index in [1.54, 1.807) is 0 Å². The highest BCUT2D eigenvalue weighted by Crippen LogP contribution is 2.19. The fraction of sp³-hybridized carbons (Fsp3) is 0.188. The van der Waals surface area contributed by atoms with Crippen LogP contribution in [0.5, 0.6) is 0 Å². The van der Waals surface area contributed by atoms with Gasteiger partial charge in [0.1, 0.15) is 5.82 Å². The van der Waals surface area contributed by atoms with Crippen molar-refractivity contribution in [3.63, 3.8) is 0 Å². The van der Waals surface area contributed by atoms with Crippen LogP contribution in [0.3, 0.4) is 0 Å².